The minimum atomic E-state index is 0.289. The highest BCUT2D eigenvalue weighted by molar-refractivity contribution is 5.82. The van der Waals surface area contributed by atoms with Crippen LogP contribution >= 0.6 is 0 Å². The van der Waals surface area contributed by atoms with E-state index >= 15 is 0 Å². The molecule has 1 aromatic heterocycles. The van der Waals surface area contributed by atoms with Crippen LogP contribution < -0.4 is 10.5 Å². The summed E-state index contributed by atoms with van der Waals surface area (Å²) in [6.45, 7) is 5.19. The summed E-state index contributed by atoms with van der Waals surface area (Å²) in [5.74, 6) is 0.721. The van der Waals surface area contributed by atoms with Crippen molar-refractivity contribution in [1.29, 1.82) is 0 Å². The summed E-state index contributed by atoms with van der Waals surface area (Å²) in [6, 6.07) is 10.1. The van der Waals surface area contributed by atoms with Crippen molar-refractivity contribution >= 4 is 10.9 Å². The van der Waals surface area contributed by atoms with Crippen LogP contribution in [0.25, 0.3) is 10.9 Å². The summed E-state index contributed by atoms with van der Waals surface area (Å²) >= 11 is 0. The maximum absolute atomic E-state index is 6.13. The van der Waals surface area contributed by atoms with E-state index in [0.29, 0.717) is 12.0 Å². The highest BCUT2D eigenvalue weighted by Gasteiger charge is 2.28. The first-order chi connectivity index (χ1) is 10.1. The summed E-state index contributed by atoms with van der Waals surface area (Å²) in [5.41, 5.74) is 8.40. The van der Waals surface area contributed by atoms with E-state index in [1.54, 1.807) is 0 Å². The molecule has 0 bridgehead atoms. The van der Waals surface area contributed by atoms with Crippen LogP contribution in [0.4, 0.5) is 0 Å². The highest BCUT2D eigenvalue weighted by atomic mass is 16.5. The van der Waals surface area contributed by atoms with Crippen molar-refractivity contribution in [2.24, 2.45) is 11.1 Å². The SMILES string of the molecule is CC1(C)CCC(Oc2cc(CN)c3ccccc3n2)CC1. The van der Waals surface area contributed by atoms with E-state index < -0.39 is 0 Å². The molecule has 3 heteroatoms. The molecule has 0 saturated heterocycles. The van der Waals surface area contributed by atoms with Gasteiger partial charge in [-0.05, 0) is 42.7 Å². The number of aromatic nitrogens is 1. The fourth-order valence-corrected chi connectivity index (χ4v) is 3.11. The van der Waals surface area contributed by atoms with E-state index in [1.807, 2.05) is 24.3 Å². The van der Waals surface area contributed by atoms with Crippen molar-refractivity contribution in [2.45, 2.75) is 52.2 Å². The van der Waals surface area contributed by atoms with E-state index in [2.05, 4.69) is 24.9 Å². The summed E-state index contributed by atoms with van der Waals surface area (Å²) in [5, 5.41) is 1.12. The number of hydrogen-bond acceptors (Lipinski definition) is 3. The fourth-order valence-electron chi connectivity index (χ4n) is 3.11. The van der Waals surface area contributed by atoms with Crippen molar-refractivity contribution in [3.05, 3.63) is 35.9 Å². The number of pyridine rings is 1. The number of fused-ring (bicyclic) bond motifs is 1. The Morgan fingerprint density at radius 1 is 1.24 bits per heavy atom. The molecular weight excluding hydrogens is 260 g/mol. The first-order valence-electron chi connectivity index (χ1n) is 7.83. The van der Waals surface area contributed by atoms with Gasteiger partial charge < -0.3 is 10.5 Å². The molecule has 0 amide bonds. The first kappa shape index (κ1) is 14.3. The Hall–Kier alpha value is -1.61. The van der Waals surface area contributed by atoms with Gasteiger partial charge in [0.1, 0.15) is 6.10 Å². The third-order valence-electron chi connectivity index (χ3n) is 4.57. The lowest BCUT2D eigenvalue weighted by Gasteiger charge is -2.34. The van der Waals surface area contributed by atoms with E-state index in [1.165, 1.54) is 12.8 Å². The molecule has 2 N–H and O–H groups in total. The van der Waals surface area contributed by atoms with Gasteiger partial charge in [0.05, 0.1) is 5.52 Å². The quantitative estimate of drug-likeness (QED) is 0.925. The lowest BCUT2D eigenvalue weighted by atomic mass is 9.76. The van der Waals surface area contributed by atoms with E-state index in [9.17, 15) is 0 Å². The second-order valence-corrected chi connectivity index (χ2v) is 6.82. The van der Waals surface area contributed by atoms with Gasteiger partial charge >= 0.3 is 0 Å². The van der Waals surface area contributed by atoms with Crippen molar-refractivity contribution in [3.8, 4) is 5.88 Å². The lowest BCUT2D eigenvalue weighted by molar-refractivity contribution is 0.0951. The zero-order valence-electron chi connectivity index (χ0n) is 12.9. The van der Waals surface area contributed by atoms with Gasteiger partial charge in [-0.1, -0.05) is 32.0 Å². The van der Waals surface area contributed by atoms with Gasteiger partial charge in [-0.15, -0.1) is 0 Å². The van der Waals surface area contributed by atoms with Crippen LogP contribution in [-0.4, -0.2) is 11.1 Å². The van der Waals surface area contributed by atoms with Gasteiger partial charge in [-0.2, -0.15) is 0 Å². The second kappa shape index (κ2) is 5.64. The van der Waals surface area contributed by atoms with Crippen LogP contribution in [0, 0.1) is 5.41 Å². The Bertz CT molecular complexity index is 626. The van der Waals surface area contributed by atoms with Gasteiger partial charge in [-0.3, -0.25) is 0 Å². The van der Waals surface area contributed by atoms with Gasteiger partial charge in [0, 0.05) is 18.0 Å². The highest BCUT2D eigenvalue weighted by Crippen LogP contribution is 2.36. The molecule has 1 aromatic carbocycles. The molecule has 0 radical (unpaired) electrons. The molecule has 1 aliphatic carbocycles. The van der Waals surface area contributed by atoms with Crippen LogP contribution in [0.5, 0.6) is 5.88 Å². The van der Waals surface area contributed by atoms with Crippen molar-refractivity contribution in [3.63, 3.8) is 0 Å². The second-order valence-electron chi connectivity index (χ2n) is 6.82. The number of nitrogens with zero attached hydrogens (tertiary/aromatic N) is 1. The molecule has 1 aliphatic rings. The van der Waals surface area contributed by atoms with Gasteiger partial charge in [-0.25, -0.2) is 4.98 Å². The number of hydrogen-bond donors (Lipinski definition) is 1. The molecule has 112 valence electrons. The molecular formula is C18H24N2O. The Kier molecular flexibility index (Phi) is 3.85. The van der Waals surface area contributed by atoms with Crippen molar-refractivity contribution < 1.29 is 4.74 Å². The zero-order valence-corrected chi connectivity index (χ0v) is 12.9. The van der Waals surface area contributed by atoms with Crippen LogP contribution in [0.2, 0.25) is 0 Å². The minimum absolute atomic E-state index is 0.289. The maximum Gasteiger partial charge on any atom is 0.214 e. The average Bonchev–Trinajstić information content (AvgIpc) is 2.48. The molecule has 1 fully saturated rings. The Labute approximate surface area is 126 Å². The van der Waals surface area contributed by atoms with Crippen LogP contribution in [0.1, 0.15) is 45.1 Å². The number of benzene rings is 1. The third-order valence-corrected chi connectivity index (χ3v) is 4.57. The molecule has 2 aromatic rings. The number of ether oxygens (including phenoxy) is 1. The molecule has 3 rings (SSSR count). The van der Waals surface area contributed by atoms with Crippen molar-refractivity contribution in [2.75, 3.05) is 0 Å². The van der Waals surface area contributed by atoms with E-state index in [-0.39, 0.29) is 6.10 Å². The summed E-state index contributed by atoms with van der Waals surface area (Å²) in [4.78, 5) is 4.64. The lowest BCUT2D eigenvalue weighted by Crippen LogP contribution is -2.28. The summed E-state index contributed by atoms with van der Waals surface area (Å²) in [6.07, 6.45) is 4.94. The number of nitrogens with two attached hydrogens (primary N) is 1. The fraction of sp³-hybridized carbons (Fsp3) is 0.500. The summed E-state index contributed by atoms with van der Waals surface area (Å²) in [7, 11) is 0. The normalized spacial score (nSPS) is 18.8. The molecule has 21 heavy (non-hydrogen) atoms. The van der Waals surface area contributed by atoms with Crippen LogP contribution in [0.15, 0.2) is 30.3 Å². The average molecular weight is 284 g/mol. The smallest absolute Gasteiger partial charge is 0.214 e. The van der Waals surface area contributed by atoms with E-state index in [4.69, 9.17) is 10.5 Å². The van der Waals surface area contributed by atoms with Crippen LogP contribution in [0.3, 0.4) is 0 Å². The third kappa shape index (κ3) is 3.18. The topological polar surface area (TPSA) is 48.1 Å². The molecule has 0 unspecified atom stereocenters. The van der Waals surface area contributed by atoms with Gasteiger partial charge in [0.25, 0.3) is 0 Å². The summed E-state index contributed by atoms with van der Waals surface area (Å²) < 4.78 is 6.13. The predicted molar refractivity (Wildman–Crippen MR) is 86.3 cm³/mol. The van der Waals surface area contributed by atoms with E-state index in [0.717, 1.165) is 35.2 Å². The molecule has 0 spiro atoms. The molecule has 1 saturated carbocycles. The Morgan fingerprint density at radius 3 is 2.67 bits per heavy atom. The van der Waals surface area contributed by atoms with Crippen LogP contribution in [-0.2, 0) is 6.54 Å². The van der Waals surface area contributed by atoms with Gasteiger partial charge in [0.15, 0.2) is 0 Å². The standard InChI is InChI=1S/C18H24N2O/c1-18(2)9-7-14(8-10-18)21-17-11-13(12-19)15-5-3-4-6-16(15)20-17/h3-6,11,14H,7-10,12,19H2,1-2H3. The molecule has 1 heterocycles. The Balaban J connectivity index is 1.81. The monoisotopic (exact) mass is 284 g/mol. The minimum Gasteiger partial charge on any atom is -0.474 e. The maximum atomic E-state index is 6.13. The first-order valence-corrected chi connectivity index (χ1v) is 7.83. The molecule has 0 atom stereocenters. The van der Waals surface area contributed by atoms with Crippen molar-refractivity contribution in [1.82, 2.24) is 4.98 Å². The Morgan fingerprint density at radius 2 is 1.95 bits per heavy atom. The number of para-hydroxylation sites is 1. The largest absolute Gasteiger partial charge is 0.474 e. The molecule has 0 aliphatic heterocycles. The zero-order chi connectivity index (χ0) is 14.9. The number of rotatable bonds is 3. The van der Waals surface area contributed by atoms with Gasteiger partial charge in [0.2, 0.25) is 5.88 Å². The predicted octanol–water partition coefficient (Wildman–Crippen LogP) is 4.04. The molecule has 3 nitrogen and oxygen atoms in total.